The van der Waals surface area contributed by atoms with E-state index in [2.05, 4.69) is 5.32 Å². The number of halogens is 2. The van der Waals surface area contributed by atoms with E-state index in [9.17, 15) is 9.59 Å². The second kappa shape index (κ2) is 7.85. The van der Waals surface area contributed by atoms with E-state index in [1.54, 1.807) is 36.4 Å². The van der Waals surface area contributed by atoms with Gasteiger partial charge in [-0.05, 0) is 42.0 Å². The van der Waals surface area contributed by atoms with Gasteiger partial charge in [0.05, 0.1) is 16.6 Å². The maximum absolute atomic E-state index is 11.7. The predicted octanol–water partition coefficient (Wildman–Crippen LogP) is 2.79. The average molecular weight is 353 g/mol. The fourth-order valence-corrected chi connectivity index (χ4v) is 2.09. The van der Waals surface area contributed by atoms with Gasteiger partial charge in [-0.2, -0.15) is 0 Å². The zero-order valence-electron chi connectivity index (χ0n) is 12.0. The predicted molar refractivity (Wildman–Crippen MR) is 88.8 cm³/mol. The molecule has 0 aliphatic rings. The van der Waals surface area contributed by atoms with Gasteiger partial charge >= 0.3 is 0 Å². The summed E-state index contributed by atoms with van der Waals surface area (Å²) in [6.45, 7) is 0.124. The molecule has 2 aromatic rings. The summed E-state index contributed by atoms with van der Waals surface area (Å²) in [5.41, 5.74) is 6.25. The molecule has 3 N–H and O–H groups in total. The van der Waals surface area contributed by atoms with E-state index < -0.39 is 5.91 Å². The molecule has 120 valence electrons. The van der Waals surface area contributed by atoms with Crippen LogP contribution >= 0.6 is 23.2 Å². The van der Waals surface area contributed by atoms with Crippen LogP contribution in [0.5, 0.6) is 5.75 Å². The Morgan fingerprint density at radius 1 is 1.04 bits per heavy atom. The lowest BCUT2D eigenvalue weighted by Crippen LogP contribution is -2.33. The number of rotatable bonds is 6. The number of benzene rings is 2. The third-order valence-corrected chi connectivity index (χ3v) is 3.67. The summed E-state index contributed by atoms with van der Waals surface area (Å²) in [7, 11) is 0. The molecule has 0 saturated carbocycles. The Kier molecular flexibility index (Phi) is 5.84. The van der Waals surface area contributed by atoms with Crippen LogP contribution in [0.15, 0.2) is 42.5 Å². The van der Waals surface area contributed by atoms with Crippen molar-refractivity contribution in [3.05, 3.63) is 63.6 Å². The highest BCUT2D eigenvalue weighted by Crippen LogP contribution is 2.23. The molecule has 2 amide bonds. The van der Waals surface area contributed by atoms with Crippen LogP contribution in [0.3, 0.4) is 0 Å². The lowest BCUT2D eigenvalue weighted by atomic mass is 10.2. The van der Waals surface area contributed by atoms with Gasteiger partial charge in [-0.1, -0.05) is 29.3 Å². The summed E-state index contributed by atoms with van der Waals surface area (Å²) in [5, 5.41) is 3.36. The Labute approximate surface area is 143 Å². The molecule has 0 saturated heterocycles. The highest BCUT2D eigenvalue weighted by Gasteiger charge is 2.07. The number of nitrogens with two attached hydrogens (primary N) is 1. The topological polar surface area (TPSA) is 81.4 Å². The number of carbonyl (C=O) groups is 2. The number of carbonyl (C=O) groups excluding carboxylic acids is 2. The van der Waals surface area contributed by atoms with E-state index in [4.69, 9.17) is 33.7 Å². The van der Waals surface area contributed by atoms with Crippen LogP contribution in [0.1, 0.15) is 15.9 Å². The molecule has 0 fully saturated rings. The third-order valence-electron chi connectivity index (χ3n) is 2.93. The first kappa shape index (κ1) is 17.1. The maximum atomic E-state index is 11.7. The Balaban J connectivity index is 1.93. The van der Waals surface area contributed by atoms with Gasteiger partial charge in [0.1, 0.15) is 12.4 Å². The number of amides is 2. The highest BCUT2D eigenvalue weighted by molar-refractivity contribution is 6.42. The van der Waals surface area contributed by atoms with Crippen molar-refractivity contribution in [2.75, 3.05) is 6.54 Å². The van der Waals surface area contributed by atoms with Crippen molar-refractivity contribution in [3.63, 3.8) is 0 Å². The van der Waals surface area contributed by atoms with Crippen molar-refractivity contribution in [1.29, 1.82) is 0 Å². The van der Waals surface area contributed by atoms with Crippen molar-refractivity contribution in [2.24, 2.45) is 5.73 Å². The average Bonchev–Trinajstić information content (AvgIpc) is 2.54. The molecule has 0 unspecified atom stereocenters. The van der Waals surface area contributed by atoms with Crippen LogP contribution in [-0.2, 0) is 11.4 Å². The fraction of sp³-hybridized carbons (Fsp3) is 0.125. The Morgan fingerprint density at radius 2 is 1.74 bits per heavy atom. The molecule has 23 heavy (non-hydrogen) atoms. The van der Waals surface area contributed by atoms with E-state index in [1.807, 2.05) is 6.07 Å². The summed E-state index contributed by atoms with van der Waals surface area (Å²) in [4.78, 5) is 22.3. The first-order chi connectivity index (χ1) is 11.0. The summed E-state index contributed by atoms with van der Waals surface area (Å²) >= 11 is 11.8. The number of hydrogen-bond donors (Lipinski definition) is 2. The zero-order valence-corrected chi connectivity index (χ0v) is 13.5. The van der Waals surface area contributed by atoms with Crippen LogP contribution in [0.4, 0.5) is 0 Å². The molecule has 0 aliphatic carbocycles. The van der Waals surface area contributed by atoms with E-state index in [1.165, 1.54) is 0 Å². The van der Waals surface area contributed by atoms with E-state index in [0.29, 0.717) is 28.0 Å². The smallest absolute Gasteiger partial charge is 0.251 e. The summed E-state index contributed by atoms with van der Waals surface area (Å²) < 4.78 is 5.61. The Bertz CT molecular complexity index is 718. The first-order valence-electron chi connectivity index (χ1n) is 6.69. The van der Waals surface area contributed by atoms with Gasteiger partial charge in [0.25, 0.3) is 5.91 Å². The van der Waals surface area contributed by atoms with Gasteiger partial charge in [0.15, 0.2) is 0 Å². The summed E-state index contributed by atoms with van der Waals surface area (Å²) in [5.74, 6) is -0.373. The van der Waals surface area contributed by atoms with Crippen LogP contribution in [-0.4, -0.2) is 18.4 Å². The van der Waals surface area contributed by atoms with Gasteiger partial charge < -0.3 is 15.8 Å². The van der Waals surface area contributed by atoms with Gasteiger partial charge in [0.2, 0.25) is 5.91 Å². The van der Waals surface area contributed by atoms with Gasteiger partial charge in [-0.15, -0.1) is 0 Å². The second-order valence-corrected chi connectivity index (χ2v) is 5.52. The lowest BCUT2D eigenvalue weighted by Gasteiger charge is -2.08. The molecule has 0 aliphatic heterocycles. The minimum absolute atomic E-state index is 0.200. The van der Waals surface area contributed by atoms with Gasteiger partial charge in [-0.25, -0.2) is 0 Å². The summed E-state index contributed by atoms with van der Waals surface area (Å²) in [6, 6.07) is 11.8. The highest BCUT2D eigenvalue weighted by atomic mass is 35.5. The molecule has 0 spiro atoms. The SMILES string of the molecule is NC(=O)CNC(=O)c1ccc(OCc2ccc(Cl)c(Cl)c2)cc1. The summed E-state index contributed by atoms with van der Waals surface area (Å²) in [6.07, 6.45) is 0. The van der Waals surface area contributed by atoms with Crippen LogP contribution < -0.4 is 15.8 Å². The van der Waals surface area contributed by atoms with E-state index >= 15 is 0 Å². The molecule has 0 aromatic heterocycles. The minimum Gasteiger partial charge on any atom is -0.489 e. The monoisotopic (exact) mass is 352 g/mol. The molecule has 0 atom stereocenters. The van der Waals surface area contributed by atoms with Crippen LogP contribution in [0.25, 0.3) is 0 Å². The Hall–Kier alpha value is -2.24. The molecule has 0 bridgehead atoms. The van der Waals surface area contributed by atoms with Crippen LogP contribution in [0, 0.1) is 0 Å². The number of hydrogen-bond acceptors (Lipinski definition) is 3. The van der Waals surface area contributed by atoms with Crippen molar-refractivity contribution in [1.82, 2.24) is 5.32 Å². The Morgan fingerprint density at radius 3 is 2.35 bits per heavy atom. The molecule has 2 aromatic carbocycles. The van der Waals surface area contributed by atoms with Crippen molar-refractivity contribution >= 4 is 35.0 Å². The number of ether oxygens (including phenoxy) is 1. The van der Waals surface area contributed by atoms with E-state index in [0.717, 1.165) is 5.56 Å². The number of nitrogens with one attached hydrogen (secondary N) is 1. The molecule has 7 heteroatoms. The van der Waals surface area contributed by atoms with Crippen molar-refractivity contribution in [3.8, 4) is 5.75 Å². The molecule has 0 radical (unpaired) electrons. The first-order valence-corrected chi connectivity index (χ1v) is 7.44. The molecule has 0 heterocycles. The molecule has 5 nitrogen and oxygen atoms in total. The molecular formula is C16H14Cl2N2O3. The lowest BCUT2D eigenvalue weighted by molar-refractivity contribution is -0.117. The minimum atomic E-state index is -0.597. The maximum Gasteiger partial charge on any atom is 0.251 e. The van der Waals surface area contributed by atoms with E-state index in [-0.39, 0.29) is 12.5 Å². The standard InChI is InChI=1S/C16H14Cl2N2O3/c17-13-6-1-10(7-14(13)18)9-23-12-4-2-11(3-5-12)16(22)20-8-15(19)21/h1-7H,8-9H2,(H2,19,21)(H,20,22). The van der Waals surface area contributed by atoms with Crippen molar-refractivity contribution < 1.29 is 14.3 Å². The normalized spacial score (nSPS) is 10.2. The zero-order chi connectivity index (χ0) is 16.8. The van der Waals surface area contributed by atoms with Gasteiger partial charge in [-0.3, -0.25) is 9.59 Å². The quantitative estimate of drug-likeness (QED) is 0.838. The van der Waals surface area contributed by atoms with Gasteiger partial charge in [0, 0.05) is 5.56 Å². The molecular weight excluding hydrogens is 339 g/mol. The number of primary amides is 1. The molecule has 2 rings (SSSR count). The van der Waals surface area contributed by atoms with Crippen molar-refractivity contribution in [2.45, 2.75) is 6.61 Å². The third kappa shape index (κ3) is 5.16. The fourth-order valence-electron chi connectivity index (χ4n) is 1.77. The van der Waals surface area contributed by atoms with Crippen LogP contribution in [0.2, 0.25) is 10.0 Å². The largest absolute Gasteiger partial charge is 0.489 e. The second-order valence-electron chi connectivity index (χ2n) is 4.71.